The number of carboxylic acid groups (broad SMARTS) is 1. The monoisotopic (exact) mass is 312 g/mol. The first-order valence-corrected chi connectivity index (χ1v) is 6.71. The molecule has 19 heavy (non-hydrogen) atoms. The van der Waals surface area contributed by atoms with Crippen LogP contribution >= 0.6 is 23.4 Å². The summed E-state index contributed by atoms with van der Waals surface area (Å²) >= 11 is 6.46. The number of benzene rings is 1. The van der Waals surface area contributed by atoms with Crippen LogP contribution in [0.3, 0.4) is 0 Å². The summed E-state index contributed by atoms with van der Waals surface area (Å²) in [6, 6.07) is 6.05. The number of carbonyl (C=O) groups is 1. The van der Waals surface area contributed by atoms with Crippen molar-refractivity contribution in [1.29, 1.82) is 0 Å². The molecule has 106 valence electrons. The summed E-state index contributed by atoms with van der Waals surface area (Å²) in [5.74, 6) is -1.49. The second kappa shape index (κ2) is 6.05. The van der Waals surface area contributed by atoms with Gasteiger partial charge in [0.2, 0.25) is 0 Å². The highest BCUT2D eigenvalue weighted by molar-refractivity contribution is 8.00. The summed E-state index contributed by atoms with van der Waals surface area (Å²) in [6.45, 7) is 1.39. The number of alkyl halides is 3. The average Bonchev–Trinajstić information content (AvgIpc) is 2.27. The molecule has 0 saturated heterocycles. The normalized spacial score (nSPS) is 15.0. The van der Waals surface area contributed by atoms with Crippen LogP contribution in [0.1, 0.15) is 18.9 Å². The molecule has 1 aromatic carbocycles. The summed E-state index contributed by atoms with van der Waals surface area (Å²) in [6.07, 6.45) is -5.31. The Bertz CT molecular complexity index is 447. The van der Waals surface area contributed by atoms with E-state index < -0.39 is 23.3 Å². The maximum Gasteiger partial charge on any atom is 0.389 e. The van der Waals surface area contributed by atoms with Crippen LogP contribution in [0.4, 0.5) is 13.2 Å². The van der Waals surface area contributed by atoms with E-state index in [1.807, 2.05) is 0 Å². The number of thioether (sulfide) groups is 1. The summed E-state index contributed by atoms with van der Waals surface area (Å²) < 4.78 is 34.9. The van der Waals surface area contributed by atoms with E-state index in [0.29, 0.717) is 10.6 Å². The van der Waals surface area contributed by atoms with Crippen LogP contribution in [-0.4, -0.2) is 23.0 Å². The summed E-state index contributed by atoms with van der Waals surface area (Å²) in [5.41, 5.74) is 0.413. The van der Waals surface area contributed by atoms with Gasteiger partial charge in [-0.15, -0.1) is 11.8 Å². The third-order valence-electron chi connectivity index (χ3n) is 2.58. The van der Waals surface area contributed by atoms with Gasteiger partial charge in [0.05, 0.1) is 6.42 Å². The average molecular weight is 313 g/mol. The van der Waals surface area contributed by atoms with Crippen molar-refractivity contribution in [3.63, 3.8) is 0 Å². The molecule has 0 radical (unpaired) electrons. The second-order valence-corrected chi connectivity index (χ2v) is 6.01. The Balaban J connectivity index is 2.86. The first-order valence-electron chi connectivity index (χ1n) is 5.35. The SMILES string of the molecule is CC(SCCC(F)(F)F)(C(=O)O)c1ccc(Cl)cc1. The van der Waals surface area contributed by atoms with Crippen LogP contribution < -0.4 is 0 Å². The summed E-state index contributed by atoms with van der Waals surface area (Å²) in [5, 5.41) is 9.69. The highest BCUT2D eigenvalue weighted by Gasteiger charge is 2.37. The smallest absolute Gasteiger partial charge is 0.389 e. The van der Waals surface area contributed by atoms with Gasteiger partial charge in [0.1, 0.15) is 4.75 Å². The van der Waals surface area contributed by atoms with Crippen LogP contribution in [0.2, 0.25) is 5.02 Å². The molecule has 2 nitrogen and oxygen atoms in total. The number of halogens is 4. The van der Waals surface area contributed by atoms with Crippen molar-refractivity contribution < 1.29 is 23.1 Å². The van der Waals surface area contributed by atoms with Gasteiger partial charge in [0.15, 0.2) is 0 Å². The third-order valence-corrected chi connectivity index (χ3v) is 4.23. The van der Waals surface area contributed by atoms with Gasteiger partial charge in [-0.2, -0.15) is 13.2 Å². The molecular weight excluding hydrogens is 301 g/mol. The number of aliphatic carboxylic acids is 1. The van der Waals surface area contributed by atoms with E-state index >= 15 is 0 Å². The Hall–Kier alpha value is -0.880. The third kappa shape index (κ3) is 4.62. The lowest BCUT2D eigenvalue weighted by Crippen LogP contribution is -2.29. The lowest BCUT2D eigenvalue weighted by Gasteiger charge is -2.25. The van der Waals surface area contributed by atoms with Gasteiger partial charge in [-0.1, -0.05) is 23.7 Å². The van der Waals surface area contributed by atoms with E-state index in [9.17, 15) is 23.1 Å². The van der Waals surface area contributed by atoms with E-state index in [0.717, 1.165) is 11.8 Å². The molecule has 0 heterocycles. The zero-order valence-electron chi connectivity index (χ0n) is 10.00. The van der Waals surface area contributed by atoms with Crippen LogP contribution in [0, 0.1) is 0 Å². The van der Waals surface area contributed by atoms with Crippen molar-refractivity contribution in [3.05, 3.63) is 34.9 Å². The van der Waals surface area contributed by atoms with Crippen molar-refractivity contribution in [2.24, 2.45) is 0 Å². The maximum absolute atomic E-state index is 12.1. The van der Waals surface area contributed by atoms with E-state index in [-0.39, 0.29) is 5.75 Å². The predicted molar refractivity (Wildman–Crippen MR) is 69.6 cm³/mol. The fourth-order valence-electron chi connectivity index (χ4n) is 1.41. The van der Waals surface area contributed by atoms with Crippen molar-refractivity contribution in [3.8, 4) is 0 Å². The van der Waals surface area contributed by atoms with Crippen molar-refractivity contribution >= 4 is 29.3 Å². The van der Waals surface area contributed by atoms with Crippen molar-refractivity contribution in [2.75, 3.05) is 5.75 Å². The molecular formula is C12H12ClF3O2S. The lowest BCUT2D eigenvalue weighted by molar-refractivity contribution is -0.140. The fraction of sp³-hybridized carbons (Fsp3) is 0.417. The van der Waals surface area contributed by atoms with E-state index in [2.05, 4.69) is 0 Å². The zero-order chi connectivity index (χ0) is 14.7. The number of carboxylic acids is 1. The molecule has 1 unspecified atom stereocenters. The number of hydrogen-bond donors (Lipinski definition) is 1. The minimum atomic E-state index is -4.29. The van der Waals surface area contributed by atoms with Gasteiger partial charge in [-0.3, -0.25) is 4.79 Å². The molecule has 0 aliphatic carbocycles. The quantitative estimate of drug-likeness (QED) is 0.879. The van der Waals surface area contributed by atoms with E-state index in [4.69, 9.17) is 11.6 Å². The Morgan fingerprint density at radius 2 is 1.84 bits per heavy atom. The molecule has 0 amide bonds. The Labute approximate surface area is 117 Å². The fourth-order valence-corrected chi connectivity index (χ4v) is 2.70. The molecule has 0 bridgehead atoms. The Kier molecular flexibility index (Phi) is 5.15. The van der Waals surface area contributed by atoms with Crippen LogP contribution in [-0.2, 0) is 9.54 Å². The van der Waals surface area contributed by atoms with Gasteiger partial charge in [-0.05, 0) is 24.6 Å². The second-order valence-electron chi connectivity index (χ2n) is 4.06. The minimum Gasteiger partial charge on any atom is -0.480 e. The first kappa shape index (κ1) is 16.2. The van der Waals surface area contributed by atoms with Crippen molar-refractivity contribution in [2.45, 2.75) is 24.3 Å². The molecule has 7 heteroatoms. The van der Waals surface area contributed by atoms with Crippen LogP contribution in [0.5, 0.6) is 0 Å². The van der Waals surface area contributed by atoms with Crippen LogP contribution in [0.25, 0.3) is 0 Å². The molecule has 0 aromatic heterocycles. The molecule has 0 aliphatic rings. The van der Waals surface area contributed by atoms with Gasteiger partial charge < -0.3 is 5.11 Å². The molecule has 0 saturated carbocycles. The standard InChI is InChI=1S/C12H12ClF3O2S/c1-11(10(17)18,19-7-6-12(14,15)16)8-2-4-9(13)5-3-8/h2-5H,6-7H2,1H3,(H,17,18). The Morgan fingerprint density at radius 3 is 2.26 bits per heavy atom. The maximum atomic E-state index is 12.1. The van der Waals surface area contributed by atoms with Crippen LogP contribution in [0.15, 0.2) is 24.3 Å². The topological polar surface area (TPSA) is 37.3 Å². The molecule has 1 atom stereocenters. The van der Waals surface area contributed by atoms with Gasteiger partial charge in [0, 0.05) is 10.8 Å². The highest BCUT2D eigenvalue weighted by atomic mass is 35.5. The molecule has 0 fully saturated rings. The van der Waals surface area contributed by atoms with E-state index in [1.54, 1.807) is 0 Å². The van der Waals surface area contributed by atoms with Crippen molar-refractivity contribution in [1.82, 2.24) is 0 Å². The number of rotatable bonds is 5. The molecule has 0 aliphatic heterocycles. The molecule has 1 N–H and O–H groups in total. The zero-order valence-corrected chi connectivity index (χ0v) is 11.6. The first-order chi connectivity index (χ1) is 8.65. The Morgan fingerprint density at radius 1 is 1.32 bits per heavy atom. The molecule has 1 rings (SSSR count). The lowest BCUT2D eigenvalue weighted by atomic mass is 10.0. The summed E-state index contributed by atoms with van der Waals surface area (Å²) in [4.78, 5) is 11.3. The molecule has 1 aromatic rings. The predicted octanol–water partition coefficient (Wildman–Crippen LogP) is 4.33. The largest absolute Gasteiger partial charge is 0.480 e. The van der Waals surface area contributed by atoms with Gasteiger partial charge >= 0.3 is 12.1 Å². The molecule has 0 spiro atoms. The summed E-state index contributed by atoms with van der Waals surface area (Å²) in [7, 11) is 0. The van der Waals surface area contributed by atoms with E-state index in [1.165, 1.54) is 31.2 Å². The van der Waals surface area contributed by atoms with Gasteiger partial charge in [0.25, 0.3) is 0 Å². The number of hydrogen-bond acceptors (Lipinski definition) is 2. The van der Waals surface area contributed by atoms with Gasteiger partial charge in [-0.25, -0.2) is 0 Å². The minimum absolute atomic E-state index is 0.311. The highest BCUT2D eigenvalue weighted by Crippen LogP contribution is 2.38.